The third kappa shape index (κ3) is 16.9. The monoisotopic (exact) mass is 671 g/mol. The van der Waals surface area contributed by atoms with Crippen molar-refractivity contribution >= 4 is 12.3 Å². The number of ether oxygens (including phenoxy) is 6. The Morgan fingerprint density at radius 3 is 2.10 bits per heavy atom. The fourth-order valence-electron chi connectivity index (χ4n) is 4.65. The van der Waals surface area contributed by atoms with Crippen LogP contribution in [0.25, 0.3) is 0 Å². The summed E-state index contributed by atoms with van der Waals surface area (Å²) in [4.78, 5) is 26.5. The first-order chi connectivity index (χ1) is 23.1. The number of benzene rings is 2. The van der Waals surface area contributed by atoms with Gasteiger partial charge in [-0.3, -0.25) is 14.5 Å². The third-order valence-corrected chi connectivity index (χ3v) is 6.89. The number of phenolic OH excluding ortho intramolecular Hbond substituents is 2. The first-order valence-corrected chi connectivity index (χ1v) is 16.3. The number of phenols is 2. The second kappa shape index (κ2) is 22.8. The van der Waals surface area contributed by atoms with Gasteiger partial charge in [0.25, 0.3) is 0 Å². The quantitative estimate of drug-likeness (QED) is 0.0465. The van der Waals surface area contributed by atoms with Crippen LogP contribution in [-0.4, -0.2) is 112 Å². The molecule has 2 aromatic rings. The minimum absolute atomic E-state index is 0.0740. The van der Waals surface area contributed by atoms with Crippen molar-refractivity contribution < 1.29 is 48.2 Å². The van der Waals surface area contributed by atoms with Crippen molar-refractivity contribution in [1.82, 2.24) is 4.90 Å². The average Bonchev–Trinajstić information content (AvgIpc) is 3.04. The maximum atomic E-state index is 13.1. The highest BCUT2D eigenvalue weighted by molar-refractivity contribution is 5.76. The van der Waals surface area contributed by atoms with Crippen LogP contribution >= 0.6 is 0 Å². The van der Waals surface area contributed by atoms with E-state index in [1.807, 2.05) is 37.8 Å². The van der Waals surface area contributed by atoms with Crippen molar-refractivity contribution in [3.63, 3.8) is 0 Å². The number of hydrogen-bond acceptors (Lipinski definition) is 11. The van der Waals surface area contributed by atoms with Crippen LogP contribution in [-0.2, 0) is 41.3 Å². The van der Waals surface area contributed by atoms with E-state index in [1.165, 1.54) is 12.1 Å². The lowest BCUT2D eigenvalue weighted by atomic mass is 10.0. The molecule has 48 heavy (non-hydrogen) atoms. The zero-order valence-corrected chi connectivity index (χ0v) is 28.7. The Kier molecular flexibility index (Phi) is 19.2. The summed E-state index contributed by atoms with van der Waals surface area (Å²) in [7, 11) is 0. The number of esters is 1. The molecule has 266 valence electrons. The molecule has 0 heterocycles. The molecule has 1 atom stereocenters. The van der Waals surface area contributed by atoms with Crippen molar-refractivity contribution in [2.24, 2.45) is 0 Å². The molecule has 2 N–H and O–H groups in total. The maximum Gasteiger partial charge on any atom is 0.323 e. The van der Waals surface area contributed by atoms with Crippen LogP contribution < -0.4 is 4.74 Å². The van der Waals surface area contributed by atoms with Crippen molar-refractivity contribution in [2.45, 2.75) is 51.7 Å². The van der Waals surface area contributed by atoms with Gasteiger partial charge >= 0.3 is 5.97 Å². The Morgan fingerprint density at radius 1 is 0.812 bits per heavy atom. The Labute approximate surface area is 285 Å². The molecule has 0 saturated heterocycles. The summed E-state index contributed by atoms with van der Waals surface area (Å²) in [5, 5.41) is 19.5. The lowest BCUT2D eigenvalue weighted by molar-refractivity contribution is -0.151. The normalized spacial score (nSPS) is 12.1. The van der Waals surface area contributed by atoms with E-state index in [0.717, 1.165) is 11.8 Å². The number of aryl methyl sites for hydroxylation is 1. The second-order valence-electron chi connectivity index (χ2n) is 12.0. The molecule has 0 amide bonds. The largest absolute Gasteiger partial charge is 0.504 e. The lowest BCUT2D eigenvalue weighted by Gasteiger charge is -2.28. The summed E-state index contributed by atoms with van der Waals surface area (Å²) < 4.78 is 33.7. The zero-order valence-electron chi connectivity index (χ0n) is 28.7. The van der Waals surface area contributed by atoms with Gasteiger partial charge in [-0.2, -0.15) is 0 Å². The second-order valence-corrected chi connectivity index (χ2v) is 12.0. The molecule has 0 saturated carbocycles. The lowest BCUT2D eigenvalue weighted by Crippen LogP contribution is -2.44. The summed E-state index contributed by atoms with van der Waals surface area (Å²) in [6.07, 6.45) is 5.81. The van der Waals surface area contributed by atoms with E-state index >= 15 is 0 Å². The standard InChI is InChI=1S/C37H53NO10/c1-6-12-38(13-7-2)33(26-30-10-11-34(40)35(41)27-30)36(42)47-21-18-43-14-8-9-29-23-31(28-39)25-32(24-29)46-20-17-44-15-16-45-19-22-48-37(3,4)5/h6-7,10-11,23-25,27-28,33,40-41H,1-2,8-9,12-22,26H2,3-5H3/t33-/m0/s1. The number of carbonyl (C=O) groups is 2. The number of rotatable bonds is 26. The van der Waals surface area contributed by atoms with Gasteiger partial charge in [-0.1, -0.05) is 18.2 Å². The van der Waals surface area contributed by atoms with E-state index in [1.54, 1.807) is 24.3 Å². The van der Waals surface area contributed by atoms with E-state index in [-0.39, 0.29) is 36.7 Å². The molecule has 0 radical (unpaired) electrons. The molecular formula is C37H53NO10. The Hall–Kier alpha value is -3.74. The van der Waals surface area contributed by atoms with Gasteiger partial charge in [-0.05, 0) is 81.5 Å². The molecule has 0 aliphatic heterocycles. The van der Waals surface area contributed by atoms with Crippen molar-refractivity contribution in [2.75, 3.05) is 72.6 Å². The number of nitrogens with zero attached hydrogens (tertiary/aromatic N) is 1. The Morgan fingerprint density at radius 2 is 1.46 bits per heavy atom. The van der Waals surface area contributed by atoms with Crippen molar-refractivity contribution in [3.05, 3.63) is 78.4 Å². The predicted molar refractivity (Wildman–Crippen MR) is 184 cm³/mol. The summed E-state index contributed by atoms with van der Waals surface area (Å²) in [6, 6.07) is 9.23. The van der Waals surface area contributed by atoms with Crippen LogP contribution in [0.3, 0.4) is 0 Å². The van der Waals surface area contributed by atoms with Gasteiger partial charge in [0.05, 0.1) is 45.2 Å². The molecule has 2 rings (SSSR count). The highest BCUT2D eigenvalue weighted by Gasteiger charge is 2.27. The third-order valence-electron chi connectivity index (χ3n) is 6.89. The summed E-state index contributed by atoms with van der Waals surface area (Å²) in [6.45, 7) is 17.9. The van der Waals surface area contributed by atoms with Crippen LogP contribution in [0.5, 0.6) is 17.2 Å². The molecule has 2 aromatic carbocycles. The van der Waals surface area contributed by atoms with Gasteiger partial charge < -0.3 is 38.6 Å². The van der Waals surface area contributed by atoms with E-state index in [0.29, 0.717) is 89.1 Å². The van der Waals surface area contributed by atoms with E-state index < -0.39 is 12.0 Å². The minimum Gasteiger partial charge on any atom is -0.504 e. The van der Waals surface area contributed by atoms with E-state index in [2.05, 4.69) is 13.2 Å². The predicted octanol–water partition coefficient (Wildman–Crippen LogP) is 4.92. The number of aldehydes is 1. The molecule has 0 aromatic heterocycles. The molecule has 11 heteroatoms. The topological polar surface area (TPSA) is 133 Å². The fourth-order valence-corrected chi connectivity index (χ4v) is 4.65. The van der Waals surface area contributed by atoms with Gasteiger partial charge in [0.15, 0.2) is 11.5 Å². The maximum absolute atomic E-state index is 13.1. The van der Waals surface area contributed by atoms with Gasteiger partial charge in [0.1, 0.15) is 31.3 Å². The Balaban J connectivity index is 1.71. The van der Waals surface area contributed by atoms with E-state index in [9.17, 15) is 19.8 Å². The molecule has 0 fully saturated rings. The SMILES string of the molecule is C=CCN(CC=C)[C@@H](Cc1ccc(O)c(O)c1)C(=O)OCCOCCCc1cc(C=O)cc(OCCOCCOCCOC(C)(C)C)c1. The summed E-state index contributed by atoms with van der Waals surface area (Å²) >= 11 is 0. The molecular weight excluding hydrogens is 618 g/mol. The molecule has 0 spiro atoms. The Bertz CT molecular complexity index is 1250. The molecule has 11 nitrogen and oxygen atoms in total. The molecule has 0 aliphatic rings. The summed E-state index contributed by atoms with van der Waals surface area (Å²) in [5.41, 5.74) is 1.97. The minimum atomic E-state index is -0.657. The first kappa shape index (κ1) is 40.4. The number of carbonyl (C=O) groups excluding carboxylic acids is 2. The van der Waals surface area contributed by atoms with Gasteiger partial charge in [0, 0.05) is 25.3 Å². The molecule has 0 aliphatic carbocycles. The average molecular weight is 672 g/mol. The molecule has 0 unspecified atom stereocenters. The van der Waals surface area contributed by atoms with E-state index in [4.69, 9.17) is 28.4 Å². The van der Waals surface area contributed by atoms with Crippen LogP contribution in [0.1, 0.15) is 48.7 Å². The van der Waals surface area contributed by atoms with Crippen molar-refractivity contribution in [3.8, 4) is 17.2 Å². The zero-order chi connectivity index (χ0) is 35.2. The van der Waals surface area contributed by atoms with Gasteiger partial charge in [-0.15, -0.1) is 13.2 Å². The van der Waals surface area contributed by atoms with Gasteiger partial charge in [0.2, 0.25) is 0 Å². The van der Waals surface area contributed by atoms with Crippen molar-refractivity contribution in [1.29, 1.82) is 0 Å². The van der Waals surface area contributed by atoms with Crippen LogP contribution in [0.4, 0.5) is 0 Å². The van der Waals surface area contributed by atoms with Crippen LogP contribution in [0.15, 0.2) is 61.7 Å². The molecule has 0 bridgehead atoms. The van der Waals surface area contributed by atoms with Crippen LogP contribution in [0.2, 0.25) is 0 Å². The summed E-state index contributed by atoms with van der Waals surface area (Å²) in [5.74, 6) is -0.324. The first-order valence-electron chi connectivity index (χ1n) is 16.3. The highest BCUT2D eigenvalue weighted by Crippen LogP contribution is 2.26. The van der Waals surface area contributed by atoms with Gasteiger partial charge in [-0.25, -0.2) is 0 Å². The highest BCUT2D eigenvalue weighted by atomic mass is 16.6. The number of aromatic hydroxyl groups is 2. The number of hydrogen-bond donors (Lipinski definition) is 2. The van der Waals surface area contributed by atoms with Crippen LogP contribution in [0, 0.1) is 0 Å². The smallest absolute Gasteiger partial charge is 0.323 e. The fraction of sp³-hybridized carbons (Fsp3) is 0.514.